The minimum atomic E-state index is -0.597. The molecule has 0 radical (unpaired) electrons. The third-order valence-electron chi connectivity index (χ3n) is 1.85. The van der Waals surface area contributed by atoms with Gasteiger partial charge in [-0.2, -0.15) is 0 Å². The number of rotatable bonds is 2. The molecule has 0 aromatic heterocycles. The average Bonchev–Trinajstić information content (AvgIpc) is 2.23. The maximum Gasteiger partial charge on any atom is 0.312 e. The van der Waals surface area contributed by atoms with E-state index < -0.39 is 6.03 Å². The largest absolute Gasteiger partial charge is 0.352 e. The minimum absolute atomic E-state index is 0.200. The first-order chi connectivity index (χ1) is 6.58. The Balaban J connectivity index is 2.63. The number of amides is 2. The molecule has 3 nitrogen and oxygen atoms in total. The fraction of sp³-hybridized carbons (Fsp3) is 0.300. The summed E-state index contributed by atoms with van der Waals surface area (Å²) in [6, 6.07) is -0.597. The Labute approximate surface area is 82.2 Å². The second kappa shape index (κ2) is 4.60. The molecule has 4 heteroatoms. The maximum atomic E-state index is 13.1. The molecule has 14 heavy (non-hydrogen) atoms. The maximum absolute atomic E-state index is 13.1. The number of carbonyl (C=O) groups excluding carboxylic acids is 1. The topological polar surface area (TPSA) is 55.1 Å². The van der Waals surface area contributed by atoms with Crippen LogP contribution in [0.25, 0.3) is 0 Å². The summed E-state index contributed by atoms with van der Waals surface area (Å²) >= 11 is 0. The zero-order valence-corrected chi connectivity index (χ0v) is 8.01. The van der Waals surface area contributed by atoms with Gasteiger partial charge in [-0.05, 0) is 24.1 Å². The summed E-state index contributed by atoms with van der Waals surface area (Å²) in [5.41, 5.74) is 6.57. The quantitative estimate of drug-likeness (QED) is 0.695. The second-order valence-electron chi connectivity index (χ2n) is 3.22. The van der Waals surface area contributed by atoms with Crippen LogP contribution in [-0.2, 0) is 0 Å². The second-order valence-corrected chi connectivity index (χ2v) is 3.22. The minimum Gasteiger partial charge on any atom is -0.352 e. The molecular formula is C10H13FN2O. The van der Waals surface area contributed by atoms with E-state index in [2.05, 4.69) is 5.32 Å². The van der Waals surface area contributed by atoms with Gasteiger partial charge in [0, 0.05) is 13.0 Å². The Hall–Kier alpha value is -1.58. The average molecular weight is 196 g/mol. The van der Waals surface area contributed by atoms with Crippen LogP contribution < -0.4 is 11.1 Å². The highest BCUT2D eigenvalue weighted by Gasteiger charge is 2.05. The molecule has 0 aliphatic heterocycles. The van der Waals surface area contributed by atoms with E-state index in [4.69, 9.17) is 5.73 Å². The van der Waals surface area contributed by atoms with Gasteiger partial charge in [0.1, 0.15) is 5.83 Å². The monoisotopic (exact) mass is 196 g/mol. The van der Waals surface area contributed by atoms with E-state index in [1.54, 1.807) is 6.08 Å². The van der Waals surface area contributed by atoms with Crippen molar-refractivity contribution in [1.29, 1.82) is 0 Å². The van der Waals surface area contributed by atoms with E-state index in [0.29, 0.717) is 6.54 Å². The summed E-state index contributed by atoms with van der Waals surface area (Å²) in [5, 5.41) is 2.43. The van der Waals surface area contributed by atoms with Crippen molar-refractivity contribution in [2.75, 3.05) is 6.54 Å². The van der Waals surface area contributed by atoms with Crippen LogP contribution in [0.3, 0.4) is 0 Å². The standard InChI is InChI=1S/C10H13FN2O/c1-7-2-3-8(5-9(11)4-7)6-13-10(12)14/h2-4H,5-6H2,1H3,(H3,12,13,14). The van der Waals surface area contributed by atoms with Crippen LogP contribution in [0.4, 0.5) is 9.18 Å². The van der Waals surface area contributed by atoms with Crippen molar-refractivity contribution in [3.05, 3.63) is 35.2 Å². The van der Waals surface area contributed by atoms with E-state index in [1.165, 1.54) is 6.08 Å². The fourth-order valence-electron chi connectivity index (χ4n) is 1.19. The molecule has 2 amide bonds. The Kier molecular flexibility index (Phi) is 3.45. The van der Waals surface area contributed by atoms with Crippen LogP contribution in [0.5, 0.6) is 0 Å². The van der Waals surface area contributed by atoms with Crippen molar-refractivity contribution in [1.82, 2.24) is 5.32 Å². The van der Waals surface area contributed by atoms with Gasteiger partial charge in [0.15, 0.2) is 0 Å². The van der Waals surface area contributed by atoms with E-state index in [9.17, 15) is 9.18 Å². The molecule has 0 bridgehead atoms. The third-order valence-corrected chi connectivity index (χ3v) is 1.85. The van der Waals surface area contributed by atoms with Crippen LogP contribution in [0, 0.1) is 0 Å². The highest BCUT2D eigenvalue weighted by molar-refractivity contribution is 5.71. The van der Waals surface area contributed by atoms with E-state index in [0.717, 1.165) is 11.1 Å². The molecule has 1 aliphatic carbocycles. The molecule has 0 aromatic carbocycles. The van der Waals surface area contributed by atoms with Crippen molar-refractivity contribution >= 4 is 6.03 Å². The Morgan fingerprint density at radius 2 is 2.36 bits per heavy atom. The van der Waals surface area contributed by atoms with Gasteiger partial charge in [0.25, 0.3) is 0 Å². The predicted octanol–water partition coefficient (Wildman–Crippen LogP) is 1.78. The highest BCUT2D eigenvalue weighted by atomic mass is 19.1. The van der Waals surface area contributed by atoms with Gasteiger partial charge in [-0.15, -0.1) is 0 Å². The fourth-order valence-corrected chi connectivity index (χ4v) is 1.19. The first-order valence-electron chi connectivity index (χ1n) is 4.33. The first-order valence-corrected chi connectivity index (χ1v) is 4.33. The Morgan fingerprint density at radius 1 is 1.64 bits per heavy atom. The summed E-state index contributed by atoms with van der Waals surface area (Å²) in [6.45, 7) is 2.11. The molecule has 0 saturated carbocycles. The number of hydrogen-bond acceptors (Lipinski definition) is 1. The van der Waals surface area contributed by atoms with Crippen LogP contribution >= 0.6 is 0 Å². The number of urea groups is 1. The number of carbonyl (C=O) groups is 1. The molecule has 1 aliphatic rings. The predicted molar refractivity (Wildman–Crippen MR) is 53.2 cm³/mol. The summed E-state index contributed by atoms with van der Waals surface area (Å²) in [7, 11) is 0. The zero-order chi connectivity index (χ0) is 10.6. The van der Waals surface area contributed by atoms with Gasteiger partial charge >= 0.3 is 6.03 Å². The molecule has 0 atom stereocenters. The Bertz CT molecular complexity index is 329. The van der Waals surface area contributed by atoms with Crippen molar-refractivity contribution < 1.29 is 9.18 Å². The van der Waals surface area contributed by atoms with Crippen LogP contribution in [0.2, 0.25) is 0 Å². The summed E-state index contributed by atoms with van der Waals surface area (Å²) in [5.74, 6) is -0.200. The van der Waals surface area contributed by atoms with Crippen LogP contribution in [-0.4, -0.2) is 12.6 Å². The van der Waals surface area contributed by atoms with Crippen molar-refractivity contribution in [3.8, 4) is 0 Å². The molecule has 0 saturated heterocycles. The van der Waals surface area contributed by atoms with Gasteiger partial charge in [-0.25, -0.2) is 9.18 Å². The molecule has 0 spiro atoms. The number of halogens is 1. The van der Waals surface area contributed by atoms with E-state index >= 15 is 0 Å². The van der Waals surface area contributed by atoms with Gasteiger partial charge in [0.2, 0.25) is 0 Å². The zero-order valence-electron chi connectivity index (χ0n) is 8.01. The lowest BCUT2D eigenvalue weighted by molar-refractivity contribution is 0.249. The lowest BCUT2D eigenvalue weighted by atomic mass is 10.1. The summed E-state index contributed by atoms with van der Waals surface area (Å²) < 4.78 is 13.1. The van der Waals surface area contributed by atoms with Gasteiger partial charge in [-0.1, -0.05) is 12.2 Å². The lowest BCUT2D eigenvalue weighted by Gasteiger charge is -2.04. The lowest BCUT2D eigenvalue weighted by Crippen LogP contribution is -2.30. The van der Waals surface area contributed by atoms with Gasteiger partial charge in [0.05, 0.1) is 0 Å². The smallest absolute Gasteiger partial charge is 0.312 e. The van der Waals surface area contributed by atoms with E-state index in [1.807, 2.05) is 13.0 Å². The SMILES string of the molecule is CC1=CC=C(CNC(N)=O)CC(F)=C1. The number of nitrogens with one attached hydrogen (secondary N) is 1. The molecule has 0 fully saturated rings. The number of hydrogen-bond donors (Lipinski definition) is 2. The molecule has 0 aromatic rings. The summed E-state index contributed by atoms with van der Waals surface area (Å²) in [6.07, 6.45) is 5.32. The van der Waals surface area contributed by atoms with Crippen molar-refractivity contribution in [2.24, 2.45) is 5.73 Å². The molecule has 76 valence electrons. The normalized spacial score (nSPS) is 16.3. The molecule has 1 rings (SSSR count). The number of primary amides is 1. The molecular weight excluding hydrogens is 183 g/mol. The van der Waals surface area contributed by atoms with E-state index in [-0.39, 0.29) is 12.2 Å². The van der Waals surface area contributed by atoms with Crippen LogP contribution in [0.15, 0.2) is 35.2 Å². The van der Waals surface area contributed by atoms with Crippen molar-refractivity contribution in [3.63, 3.8) is 0 Å². The molecule has 0 heterocycles. The van der Waals surface area contributed by atoms with Crippen LogP contribution in [0.1, 0.15) is 13.3 Å². The van der Waals surface area contributed by atoms with Gasteiger partial charge in [-0.3, -0.25) is 0 Å². The number of allylic oxidation sites excluding steroid dienone is 5. The third kappa shape index (κ3) is 3.43. The number of nitrogens with two attached hydrogens (primary N) is 1. The first kappa shape index (κ1) is 10.5. The van der Waals surface area contributed by atoms with Gasteiger partial charge < -0.3 is 11.1 Å². The Morgan fingerprint density at radius 3 is 3.00 bits per heavy atom. The van der Waals surface area contributed by atoms with Crippen molar-refractivity contribution in [2.45, 2.75) is 13.3 Å². The summed E-state index contributed by atoms with van der Waals surface area (Å²) in [4.78, 5) is 10.4. The molecule has 0 unspecified atom stereocenters. The highest BCUT2D eigenvalue weighted by Crippen LogP contribution is 2.18. The molecule has 3 N–H and O–H groups in total.